The number of nitriles is 2. The summed E-state index contributed by atoms with van der Waals surface area (Å²) in [4.78, 5) is 0. The Balaban J connectivity index is 2.17. The average molecular weight is 248 g/mol. The van der Waals surface area contributed by atoms with E-state index in [0.717, 1.165) is 5.56 Å². The molecule has 2 aromatic carbocycles. The van der Waals surface area contributed by atoms with E-state index >= 15 is 0 Å². The van der Waals surface area contributed by atoms with E-state index < -0.39 is 0 Å². The van der Waals surface area contributed by atoms with Crippen molar-refractivity contribution < 1.29 is 4.74 Å². The van der Waals surface area contributed by atoms with Crippen LogP contribution in [0.4, 0.5) is 0 Å². The number of rotatable bonds is 4. The van der Waals surface area contributed by atoms with Gasteiger partial charge < -0.3 is 4.74 Å². The van der Waals surface area contributed by atoms with Crippen LogP contribution in [-0.4, -0.2) is 0 Å². The van der Waals surface area contributed by atoms with Crippen LogP contribution in [0.5, 0.6) is 5.75 Å². The van der Waals surface area contributed by atoms with Crippen LogP contribution >= 0.6 is 0 Å². The molecule has 0 aliphatic rings. The zero-order chi connectivity index (χ0) is 13.5. The summed E-state index contributed by atoms with van der Waals surface area (Å²) in [5, 5.41) is 17.6. The fourth-order valence-corrected chi connectivity index (χ4v) is 1.75. The van der Waals surface area contributed by atoms with Gasteiger partial charge in [-0.15, -0.1) is 0 Å². The maximum Gasteiger partial charge on any atom is 0.137 e. The Morgan fingerprint density at radius 2 is 1.63 bits per heavy atom. The first-order valence-corrected chi connectivity index (χ1v) is 5.92. The average Bonchev–Trinajstić information content (AvgIpc) is 2.48. The van der Waals surface area contributed by atoms with Crippen LogP contribution in [0.15, 0.2) is 54.6 Å². The number of hydrogen-bond donors (Lipinski definition) is 0. The van der Waals surface area contributed by atoms with Crippen LogP contribution in [0, 0.1) is 22.7 Å². The van der Waals surface area contributed by atoms with Crippen molar-refractivity contribution in [2.75, 3.05) is 0 Å². The van der Waals surface area contributed by atoms with Gasteiger partial charge in [0, 0.05) is 0 Å². The molecule has 19 heavy (non-hydrogen) atoms. The largest absolute Gasteiger partial charge is 0.485 e. The Morgan fingerprint density at radius 3 is 2.21 bits per heavy atom. The first-order chi connectivity index (χ1) is 9.33. The molecule has 0 radical (unpaired) electrons. The molecule has 2 rings (SSSR count). The molecule has 2 aromatic rings. The molecular weight excluding hydrogens is 236 g/mol. The highest BCUT2D eigenvalue weighted by Gasteiger charge is 2.12. The summed E-state index contributed by atoms with van der Waals surface area (Å²) < 4.78 is 5.81. The highest BCUT2D eigenvalue weighted by Crippen LogP contribution is 2.24. The molecule has 0 aliphatic heterocycles. The summed E-state index contributed by atoms with van der Waals surface area (Å²) in [5.41, 5.74) is 1.55. The Labute approximate surface area is 112 Å². The maximum absolute atomic E-state index is 8.89. The summed E-state index contributed by atoms with van der Waals surface area (Å²) >= 11 is 0. The molecule has 0 amide bonds. The Morgan fingerprint density at radius 1 is 0.947 bits per heavy atom. The zero-order valence-electron chi connectivity index (χ0n) is 10.3. The van der Waals surface area contributed by atoms with Gasteiger partial charge >= 0.3 is 0 Å². The van der Waals surface area contributed by atoms with Gasteiger partial charge in [-0.2, -0.15) is 10.5 Å². The van der Waals surface area contributed by atoms with Gasteiger partial charge in [-0.05, 0) is 29.8 Å². The molecule has 0 N–H and O–H groups in total. The predicted octanol–water partition coefficient (Wildman–Crippen LogP) is 3.59. The van der Waals surface area contributed by atoms with Crippen LogP contribution in [0.3, 0.4) is 0 Å². The number of hydrogen-bond acceptors (Lipinski definition) is 3. The number of ether oxygens (including phenoxy) is 1. The molecule has 0 aromatic heterocycles. The molecule has 0 fully saturated rings. The molecule has 1 unspecified atom stereocenters. The van der Waals surface area contributed by atoms with Gasteiger partial charge in [0.15, 0.2) is 0 Å². The molecule has 3 heteroatoms. The van der Waals surface area contributed by atoms with Gasteiger partial charge in [0.1, 0.15) is 11.9 Å². The number of benzene rings is 2. The van der Waals surface area contributed by atoms with Gasteiger partial charge in [-0.3, -0.25) is 0 Å². The molecule has 3 nitrogen and oxygen atoms in total. The van der Waals surface area contributed by atoms with Crippen molar-refractivity contribution in [2.24, 2.45) is 0 Å². The normalized spacial score (nSPS) is 11.1. The minimum atomic E-state index is -0.292. The molecule has 92 valence electrons. The minimum Gasteiger partial charge on any atom is -0.485 e. The number of nitrogens with zero attached hydrogens (tertiary/aromatic N) is 2. The van der Waals surface area contributed by atoms with E-state index in [2.05, 4.69) is 12.1 Å². The van der Waals surface area contributed by atoms with Crippen LogP contribution in [-0.2, 0) is 0 Å². The third-order valence-corrected chi connectivity index (χ3v) is 2.71. The predicted molar refractivity (Wildman–Crippen MR) is 71.2 cm³/mol. The molecular formula is C16H12N2O. The summed E-state index contributed by atoms with van der Waals surface area (Å²) in [6.07, 6.45) is -0.0107. The van der Waals surface area contributed by atoms with E-state index in [-0.39, 0.29) is 12.5 Å². The van der Waals surface area contributed by atoms with Crippen molar-refractivity contribution in [3.05, 3.63) is 65.7 Å². The lowest BCUT2D eigenvalue weighted by Crippen LogP contribution is -2.06. The third kappa shape index (κ3) is 3.34. The van der Waals surface area contributed by atoms with E-state index in [1.165, 1.54) is 0 Å². The lowest BCUT2D eigenvalue weighted by atomic mass is 10.1. The molecule has 0 saturated carbocycles. The van der Waals surface area contributed by atoms with Crippen molar-refractivity contribution >= 4 is 0 Å². The van der Waals surface area contributed by atoms with Gasteiger partial charge in [0.25, 0.3) is 0 Å². The van der Waals surface area contributed by atoms with Crippen molar-refractivity contribution in [2.45, 2.75) is 12.5 Å². The van der Waals surface area contributed by atoms with Gasteiger partial charge in [0.2, 0.25) is 0 Å². The van der Waals surface area contributed by atoms with Gasteiger partial charge in [0.05, 0.1) is 24.1 Å². The van der Waals surface area contributed by atoms with E-state index in [1.807, 2.05) is 30.3 Å². The summed E-state index contributed by atoms with van der Waals surface area (Å²) in [6.45, 7) is 0. The first-order valence-electron chi connectivity index (χ1n) is 5.92. The lowest BCUT2D eigenvalue weighted by Gasteiger charge is -2.16. The molecule has 0 heterocycles. The molecule has 0 bridgehead atoms. The van der Waals surface area contributed by atoms with E-state index in [9.17, 15) is 0 Å². The van der Waals surface area contributed by atoms with E-state index in [4.69, 9.17) is 15.3 Å². The van der Waals surface area contributed by atoms with Crippen LogP contribution < -0.4 is 4.74 Å². The second-order valence-corrected chi connectivity index (χ2v) is 4.02. The molecule has 0 spiro atoms. The van der Waals surface area contributed by atoms with Crippen molar-refractivity contribution in [3.63, 3.8) is 0 Å². The van der Waals surface area contributed by atoms with Gasteiger partial charge in [-0.1, -0.05) is 30.3 Å². The second-order valence-electron chi connectivity index (χ2n) is 4.02. The molecule has 0 aliphatic carbocycles. The van der Waals surface area contributed by atoms with Gasteiger partial charge in [-0.25, -0.2) is 0 Å². The topological polar surface area (TPSA) is 56.8 Å². The van der Waals surface area contributed by atoms with Crippen LogP contribution in [0.2, 0.25) is 0 Å². The Hall–Kier alpha value is -2.78. The fourth-order valence-electron chi connectivity index (χ4n) is 1.75. The first kappa shape index (κ1) is 12.7. The molecule has 1 atom stereocenters. The minimum absolute atomic E-state index is 0.282. The lowest BCUT2D eigenvalue weighted by molar-refractivity contribution is 0.211. The molecule has 0 saturated heterocycles. The highest BCUT2D eigenvalue weighted by molar-refractivity contribution is 5.35. The fraction of sp³-hybridized carbons (Fsp3) is 0.125. The van der Waals surface area contributed by atoms with Crippen LogP contribution in [0.1, 0.15) is 23.7 Å². The Kier molecular flexibility index (Phi) is 4.16. The maximum atomic E-state index is 8.89. The van der Waals surface area contributed by atoms with Crippen molar-refractivity contribution in [1.29, 1.82) is 10.5 Å². The highest BCUT2D eigenvalue weighted by atomic mass is 16.5. The van der Waals surface area contributed by atoms with E-state index in [1.54, 1.807) is 24.3 Å². The quantitative estimate of drug-likeness (QED) is 0.830. The Bertz CT molecular complexity index is 606. The SMILES string of the molecule is N#CCC(Oc1ccc(C#N)cc1)c1ccccc1. The summed E-state index contributed by atoms with van der Waals surface area (Å²) in [6, 6.07) is 20.7. The smallest absolute Gasteiger partial charge is 0.137 e. The van der Waals surface area contributed by atoms with Crippen LogP contribution in [0.25, 0.3) is 0 Å². The third-order valence-electron chi connectivity index (χ3n) is 2.71. The standard InChI is InChI=1S/C16H12N2O/c17-11-10-16(14-4-2-1-3-5-14)19-15-8-6-13(12-18)7-9-15/h1-9,16H,10H2. The monoisotopic (exact) mass is 248 g/mol. The second kappa shape index (κ2) is 6.23. The van der Waals surface area contributed by atoms with E-state index in [0.29, 0.717) is 11.3 Å². The summed E-state index contributed by atoms with van der Waals surface area (Å²) in [7, 11) is 0. The summed E-state index contributed by atoms with van der Waals surface area (Å²) in [5.74, 6) is 0.656. The van der Waals surface area contributed by atoms with Crippen molar-refractivity contribution in [3.8, 4) is 17.9 Å². The zero-order valence-corrected chi connectivity index (χ0v) is 10.3. The van der Waals surface area contributed by atoms with Crippen molar-refractivity contribution in [1.82, 2.24) is 0 Å².